The van der Waals surface area contributed by atoms with Gasteiger partial charge in [0, 0.05) is 12.6 Å². The molecule has 5 heteroatoms. The summed E-state index contributed by atoms with van der Waals surface area (Å²) in [6, 6.07) is -0.174. The van der Waals surface area contributed by atoms with Crippen molar-refractivity contribution in [2.45, 2.75) is 45.3 Å². The molecule has 0 radical (unpaired) electrons. The summed E-state index contributed by atoms with van der Waals surface area (Å²) in [6.07, 6.45) is 1.12. The number of carbonyl (C=O) groups is 2. The Kier molecular flexibility index (Phi) is 2.79. The quantitative estimate of drug-likeness (QED) is 0.759. The molecule has 1 saturated carbocycles. The highest BCUT2D eigenvalue weighted by molar-refractivity contribution is 5.75. The van der Waals surface area contributed by atoms with Gasteiger partial charge < -0.3 is 14.7 Å². The van der Waals surface area contributed by atoms with E-state index < -0.39 is 17.5 Å². The first-order valence-electron chi connectivity index (χ1n) is 6.00. The second kappa shape index (κ2) is 3.89. The molecule has 1 aliphatic heterocycles. The zero-order chi connectivity index (χ0) is 12.8. The third-order valence-electron chi connectivity index (χ3n) is 3.43. The van der Waals surface area contributed by atoms with Gasteiger partial charge >= 0.3 is 12.1 Å². The van der Waals surface area contributed by atoms with Crippen molar-refractivity contribution < 1.29 is 19.4 Å². The number of carbonyl (C=O) groups excluding carboxylic acids is 1. The van der Waals surface area contributed by atoms with Crippen molar-refractivity contribution in [1.82, 2.24) is 4.90 Å². The standard InChI is InChI=1S/C12H19NO4/c1-12(2,3)17-11(16)13-6-7-4-8(10(14)15)9(13)5-7/h7-9H,4-6H2,1-3H3,(H,14,15)/t7-,8-,9+/m0/s1. The average Bonchev–Trinajstić information content (AvgIpc) is 2.72. The van der Waals surface area contributed by atoms with Crippen LogP contribution in [0.2, 0.25) is 0 Å². The van der Waals surface area contributed by atoms with Crippen molar-refractivity contribution in [1.29, 1.82) is 0 Å². The number of fused-ring (bicyclic) bond motifs is 2. The van der Waals surface area contributed by atoms with Crippen LogP contribution < -0.4 is 0 Å². The maximum absolute atomic E-state index is 11.9. The molecule has 17 heavy (non-hydrogen) atoms. The molecule has 2 rings (SSSR count). The third-order valence-corrected chi connectivity index (χ3v) is 3.43. The number of nitrogens with zero attached hydrogens (tertiary/aromatic N) is 1. The van der Waals surface area contributed by atoms with Gasteiger partial charge in [-0.05, 0) is 39.5 Å². The van der Waals surface area contributed by atoms with Crippen LogP contribution in [-0.2, 0) is 9.53 Å². The SMILES string of the molecule is CC(C)(C)OC(=O)N1C[C@H]2C[C@H](C(=O)O)[C@H]1C2. The summed E-state index contributed by atoms with van der Waals surface area (Å²) < 4.78 is 5.30. The number of ether oxygens (including phenoxy) is 1. The van der Waals surface area contributed by atoms with Crippen LogP contribution in [0.5, 0.6) is 0 Å². The van der Waals surface area contributed by atoms with Crippen LogP contribution in [0, 0.1) is 11.8 Å². The fraction of sp³-hybridized carbons (Fsp3) is 0.833. The first-order chi connectivity index (χ1) is 7.78. The van der Waals surface area contributed by atoms with Gasteiger partial charge in [-0.3, -0.25) is 4.79 Å². The van der Waals surface area contributed by atoms with E-state index in [-0.39, 0.29) is 12.1 Å². The molecule has 1 saturated heterocycles. The van der Waals surface area contributed by atoms with Gasteiger partial charge in [0.05, 0.1) is 5.92 Å². The van der Waals surface area contributed by atoms with Gasteiger partial charge in [0.15, 0.2) is 0 Å². The van der Waals surface area contributed by atoms with Gasteiger partial charge in [0.1, 0.15) is 5.60 Å². The van der Waals surface area contributed by atoms with E-state index in [9.17, 15) is 9.59 Å². The van der Waals surface area contributed by atoms with E-state index in [1.54, 1.807) is 4.90 Å². The lowest BCUT2D eigenvalue weighted by atomic mass is 9.99. The Balaban J connectivity index is 2.04. The lowest BCUT2D eigenvalue weighted by Gasteiger charge is -2.32. The molecule has 0 aromatic carbocycles. The predicted molar refractivity (Wildman–Crippen MR) is 60.6 cm³/mol. The maximum atomic E-state index is 11.9. The van der Waals surface area contributed by atoms with Crippen LogP contribution in [0.1, 0.15) is 33.6 Å². The summed E-state index contributed by atoms with van der Waals surface area (Å²) in [5.41, 5.74) is -0.530. The molecule has 0 spiro atoms. The van der Waals surface area contributed by atoms with Crippen LogP contribution in [0.4, 0.5) is 4.79 Å². The molecule has 0 aromatic rings. The second-order valence-electron chi connectivity index (χ2n) is 5.98. The lowest BCUT2D eigenvalue weighted by Crippen LogP contribution is -2.46. The number of hydrogen-bond donors (Lipinski definition) is 1. The topological polar surface area (TPSA) is 66.8 Å². The van der Waals surface area contributed by atoms with Crippen LogP contribution in [0.25, 0.3) is 0 Å². The Morgan fingerprint density at radius 2 is 1.94 bits per heavy atom. The van der Waals surface area contributed by atoms with Crippen molar-refractivity contribution in [3.63, 3.8) is 0 Å². The number of aliphatic carboxylic acids is 1. The van der Waals surface area contributed by atoms with Crippen molar-refractivity contribution >= 4 is 12.1 Å². The smallest absolute Gasteiger partial charge is 0.410 e. The molecule has 1 amide bonds. The number of carboxylic acids is 1. The summed E-state index contributed by atoms with van der Waals surface area (Å²) in [5, 5.41) is 9.09. The normalized spacial score (nSPS) is 31.7. The number of likely N-dealkylation sites (tertiary alicyclic amines) is 1. The van der Waals surface area contributed by atoms with Crippen LogP contribution in [-0.4, -0.2) is 40.3 Å². The molecular formula is C12H19NO4. The number of carboxylic acid groups (broad SMARTS) is 1. The van der Waals surface area contributed by atoms with Crippen molar-refractivity contribution in [3.8, 4) is 0 Å². The van der Waals surface area contributed by atoms with E-state index in [1.807, 2.05) is 20.8 Å². The average molecular weight is 241 g/mol. The van der Waals surface area contributed by atoms with E-state index in [1.165, 1.54) is 0 Å². The molecule has 2 bridgehead atoms. The fourth-order valence-electron chi connectivity index (χ4n) is 2.82. The Labute approximate surface area is 101 Å². The molecule has 96 valence electrons. The van der Waals surface area contributed by atoms with Gasteiger partial charge in [-0.1, -0.05) is 0 Å². The molecule has 1 heterocycles. The predicted octanol–water partition coefficient (Wildman–Crippen LogP) is 1.72. The minimum Gasteiger partial charge on any atom is -0.481 e. The number of amides is 1. The second-order valence-corrected chi connectivity index (χ2v) is 5.98. The molecule has 2 aliphatic rings. The highest BCUT2D eigenvalue weighted by Crippen LogP contribution is 2.42. The molecule has 0 aromatic heterocycles. The summed E-state index contributed by atoms with van der Waals surface area (Å²) >= 11 is 0. The highest BCUT2D eigenvalue weighted by atomic mass is 16.6. The Morgan fingerprint density at radius 3 is 2.41 bits per heavy atom. The highest BCUT2D eigenvalue weighted by Gasteiger charge is 2.50. The fourth-order valence-corrected chi connectivity index (χ4v) is 2.82. The minimum atomic E-state index is -0.800. The molecule has 1 aliphatic carbocycles. The van der Waals surface area contributed by atoms with E-state index in [2.05, 4.69) is 0 Å². The number of hydrogen-bond acceptors (Lipinski definition) is 3. The summed E-state index contributed by atoms with van der Waals surface area (Å²) in [7, 11) is 0. The van der Waals surface area contributed by atoms with Crippen LogP contribution in [0.15, 0.2) is 0 Å². The number of rotatable bonds is 1. The van der Waals surface area contributed by atoms with Crippen LogP contribution in [0.3, 0.4) is 0 Å². The first kappa shape index (κ1) is 12.2. The van der Waals surface area contributed by atoms with E-state index in [0.29, 0.717) is 18.9 Å². The summed E-state index contributed by atoms with van der Waals surface area (Å²) in [5.74, 6) is -0.888. The van der Waals surface area contributed by atoms with Crippen molar-refractivity contribution in [2.75, 3.05) is 6.54 Å². The van der Waals surface area contributed by atoms with E-state index >= 15 is 0 Å². The maximum Gasteiger partial charge on any atom is 0.410 e. The summed E-state index contributed by atoms with van der Waals surface area (Å²) in [4.78, 5) is 24.6. The molecule has 3 atom stereocenters. The number of piperidine rings is 1. The molecular weight excluding hydrogens is 222 g/mol. The Hall–Kier alpha value is -1.26. The molecule has 2 fully saturated rings. The van der Waals surface area contributed by atoms with Gasteiger partial charge in [0.25, 0.3) is 0 Å². The van der Waals surface area contributed by atoms with Gasteiger partial charge in [0.2, 0.25) is 0 Å². The van der Waals surface area contributed by atoms with E-state index in [0.717, 1.165) is 6.42 Å². The van der Waals surface area contributed by atoms with E-state index in [4.69, 9.17) is 9.84 Å². The molecule has 0 unspecified atom stereocenters. The van der Waals surface area contributed by atoms with Crippen molar-refractivity contribution in [3.05, 3.63) is 0 Å². The zero-order valence-electron chi connectivity index (χ0n) is 10.5. The largest absolute Gasteiger partial charge is 0.481 e. The summed E-state index contributed by atoms with van der Waals surface area (Å²) in [6.45, 7) is 6.08. The molecule has 1 N–H and O–H groups in total. The monoisotopic (exact) mass is 241 g/mol. The minimum absolute atomic E-state index is 0.174. The molecule has 5 nitrogen and oxygen atoms in total. The Bertz CT molecular complexity index is 347. The zero-order valence-corrected chi connectivity index (χ0v) is 10.5. The first-order valence-corrected chi connectivity index (χ1v) is 6.00. The lowest BCUT2D eigenvalue weighted by molar-refractivity contribution is -0.143. The van der Waals surface area contributed by atoms with Gasteiger partial charge in [-0.2, -0.15) is 0 Å². The third kappa shape index (κ3) is 2.37. The van der Waals surface area contributed by atoms with Gasteiger partial charge in [-0.25, -0.2) is 4.79 Å². The van der Waals surface area contributed by atoms with Gasteiger partial charge in [-0.15, -0.1) is 0 Å². The van der Waals surface area contributed by atoms with Crippen LogP contribution >= 0.6 is 0 Å². The Morgan fingerprint density at radius 1 is 1.29 bits per heavy atom. The van der Waals surface area contributed by atoms with Crippen molar-refractivity contribution in [2.24, 2.45) is 11.8 Å².